The lowest BCUT2D eigenvalue weighted by molar-refractivity contribution is -0.139. The van der Waals surface area contributed by atoms with Crippen LogP contribution in [0.3, 0.4) is 0 Å². The highest BCUT2D eigenvalue weighted by atomic mass is 32.2. The number of hydrogen-bond acceptors (Lipinski definition) is 9. The lowest BCUT2D eigenvalue weighted by atomic mass is 10.3. The molecule has 1 atom stereocenters. The molecule has 0 aliphatic carbocycles. The van der Waals surface area contributed by atoms with E-state index in [9.17, 15) is 4.79 Å². The summed E-state index contributed by atoms with van der Waals surface area (Å²) >= 11 is 2.79. The number of esters is 1. The van der Waals surface area contributed by atoms with Crippen LogP contribution >= 0.6 is 23.5 Å². The number of benzene rings is 1. The number of aryl methyl sites for hydroxylation is 2. The molecule has 3 aromatic rings. The topological polar surface area (TPSA) is 92.0 Å². The number of methoxy groups -OCH3 is 2. The summed E-state index contributed by atoms with van der Waals surface area (Å²) in [4.78, 5) is 20.8. The molecular formula is C20H23N5O3S2. The van der Waals surface area contributed by atoms with E-state index in [1.54, 1.807) is 14.0 Å². The molecule has 2 aromatic heterocycles. The van der Waals surface area contributed by atoms with Crippen molar-refractivity contribution in [1.29, 1.82) is 0 Å². The highest BCUT2D eigenvalue weighted by molar-refractivity contribution is 8.00. The van der Waals surface area contributed by atoms with Gasteiger partial charge in [-0.3, -0.25) is 9.36 Å². The van der Waals surface area contributed by atoms with Crippen LogP contribution < -0.4 is 4.74 Å². The van der Waals surface area contributed by atoms with Crippen molar-refractivity contribution in [3.05, 3.63) is 47.5 Å². The van der Waals surface area contributed by atoms with E-state index in [1.807, 2.05) is 48.7 Å². The Labute approximate surface area is 183 Å². The number of aromatic nitrogens is 5. The van der Waals surface area contributed by atoms with Gasteiger partial charge in [0, 0.05) is 17.1 Å². The molecule has 0 unspecified atom stereocenters. The second-order valence-electron chi connectivity index (χ2n) is 6.44. The molecule has 1 aromatic carbocycles. The number of ether oxygens (including phenoxy) is 2. The standard InChI is InChI=1S/C20H23N5O3S2/c1-12-10-13(2)22-19(21-12)29-11-17-23-24-20(30-14(3)18(26)28-5)25(17)15-6-8-16(27-4)9-7-15/h6-10,14H,11H2,1-5H3/t14-/m0/s1. The quantitative estimate of drug-likeness (QED) is 0.293. The average molecular weight is 446 g/mol. The summed E-state index contributed by atoms with van der Waals surface area (Å²) in [5.74, 6) is 1.69. The van der Waals surface area contributed by atoms with Gasteiger partial charge in [-0.2, -0.15) is 0 Å². The van der Waals surface area contributed by atoms with E-state index in [2.05, 4.69) is 20.2 Å². The molecule has 10 heteroatoms. The second kappa shape index (κ2) is 9.94. The van der Waals surface area contributed by atoms with Crippen LogP contribution in [-0.2, 0) is 15.3 Å². The fourth-order valence-corrected chi connectivity index (χ4v) is 4.50. The van der Waals surface area contributed by atoms with Gasteiger partial charge >= 0.3 is 5.97 Å². The first-order chi connectivity index (χ1) is 14.4. The molecule has 0 N–H and O–H groups in total. The van der Waals surface area contributed by atoms with E-state index in [4.69, 9.17) is 9.47 Å². The maximum absolute atomic E-state index is 11.9. The summed E-state index contributed by atoms with van der Waals surface area (Å²) in [6.45, 7) is 5.67. The van der Waals surface area contributed by atoms with Gasteiger partial charge in [0.05, 0.1) is 20.0 Å². The maximum Gasteiger partial charge on any atom is 0.318 e. The highest BCUT2D eigenvalue weighted by Crippen LogP contribution is 2.29. The predicted molar refractivity (Wildman–Crippen MR) is 116 cm³/mol. The van der Waals surface area contributed by atoms with Gasteiger partial charge in [0.15, 0.2) is 10.3 Å². The number of rotatable bonds is 8. The summed E-state index contributed by atoms with van der Waals surface area (Å²) in [6, 6.07) is 9.54. The van der Waals surface area contributed by atoms with Gasteiger partial charge in [-0.15, -0.1) is 10.2 Å². The summed E-state index contributed by atoms with van der Waals surface area (Å²) in [7, 11) is 3.00. The third kappa shape index (κ3) is 5.31. The van der Waals surface area contributed by atoms with Crippen LogP contribution in [0.2, 0.25) is 0 Å². The Morgan fingerprint density at radius 1 is 1.10 bits per heavy atom. The minimum Gasteiger partial charge on any atom is -0.497 e. The molecule has 0 amide bonds. The molecule has 3 rings (SSSR count). The van der Waals surface area contributed by atoms with Crippen LogP contribution in [0, 0.1) is 13.8 Å². The maximum atomic E-state index is 11.9. The fourth-order valence-electron chi connectivity index (χ4n) is 2.72. The van der Waals surface area contributed by atoms with Gasteiger partial charge in [-0.25, -0.2) is 9.97 Å². The summed E-state index contributed by atoms with van der Waals surface area (Å²) in [6.07, 6.45) is 0. The van der Waals surface area contributed by atoms with E-state index in [1.165, 1.54) is 30.6 Å². The Balaban J connectivity index is 1.92. The minimum atomic E-state index is -0.417. The number of nitrogens with zero attached hydrogens (tertiary/aromatic N) is 5. The molecule has 158 valence electrons. The SMILES string of the molecule is COC(=O)[C@H](C)Sc1nnc(CSc2nc(C)cc(C)n2)n1-c1ccc(OC)cc1. The Morgan fingerprint density at radius 2 is 1.77 bits per heavy atom. The first kappa shape index (κ1) is 22.1. The summed E-state index contributed by atoms with van der Waals surface area (Å²) < 4.78 is 12.0. The number of thioether (sulfide) groups is 2. The van der Waals surface area contributed by atoms with Gasteiger partial charge in [-0.1, -0.05) is 23.5 Å². The van der Waals surface area contributed by atoms with Gasteiger partial charge in [0.1, 0.15) is 16.8 Å². The zero-order chi connectivity index (χ0) is 21.7. The van der Waals surface area contributed by atoms with Crippen molar-refractivity contribution in [3.63, 3.8) is 0 Å². The van der Waals surface area contributed by atoms with E-state index in [-0.39, 0.29) is 5.97 Å². The Kier molecular flexibility index (Phi) is 7.33. The van der Waals surface area contributed by atoms with Crippen LogP contribution in [-0.4, -0.2) is 50.2 Å². The zero-order valence-electron chi connectivity index (χ0n) is 17.4. The molecule has 0 radical (unpaired) electrons. The predicted octanol–water partition coefficient (Wildman–Crippen LogP) is 3.63. The molecule has 0 aliphatic rings. The van der Waals surface area contributed by atoms with Gasteiger partial charge in [0.25, 0.3) is 0 Å². The van der Waals surface area contributed by atoms with E-state index < -0.39 is 5.25 Å². The molecular weight excluding hydrogens is 422 g/mol. The second-order valence-corrected chi connectivity index (χ2v) is 8.69. The average Bonchev–Trinajstić information content (AvgIpc) is 3.13. The lowest BCUT2D eigenvalue weighted by Gasteiger charge is -2.13. The normalized spacial score (nSPS) is 11.9. The zero-order valence-corrected chi connectivity index (χ0v) is 19.1. The molecule has 0 fully saturated rings. The number of hydrogen-bond donors (Lipinski definition) is 0. The lowest BCUT2D eigenvalue weighted by Crippen LogP contribution is -2.15. The van der Waals surface area contributed by atoms with Gasteiger partial charge < -0.3 is 9.47 Å². The van der Waals surface area contributed by atoms with Gasteiger partial charge in [-0.05, 0) is 51.1 Å². The molecule has 0 aliphatic heterocycles. The van der Waals surface area contributed by atoms with Crippen molar-refractivity contribution in [2.75, 3.05) is 14.2 Å². The van der Waals surface area contributed by atoms with Crippen molar-refractivity contribution in [1.82, 2.24) is 24.7 Å². The molecule has 8 nitrogen and oxygen atoms in total. The monoisotopic (exact) mass is 445 g/mol. The molecule has 0 bridgehead atoms. The first-order valence-corrected chi connectivity index (χ1v) is 11.1. The van der Waals surface area contributed by atoms with Crippen molar-refractivity contribution in [2.24, 2.45) is 0 Å². The van der Waals surface area contributed by atoms with Crippen LogP contribution in [0.25, 0.3) is 5.69 Å². The smallest absolute Gasteiger partial charge is 0.318 e. The highest BCUT2D eigenvalue weighted by Gasteiger charge is 2.22. The van der Waals surface area contributed by atoms with Gasteiger partial charge in [0.2, 0.25) is 0 Å². The molecule has 30 heavy (non-hydrogen) atoms. The Hall–Kier alpha value is -2.59. The Morgan fingerprint density at radius 3 is 2.37 bits per heavy atom. The largest absolute Gasteiger partial charge is 0.497 e. The minimum absolute atomic E-state index is 0.316. The third-order valence-corrected chi connectivity index (χ3v) is 6.00. The fraction of sp³-hybridized carbons (Fsp3) is 0.350. The first-order valence-electron chi connectivity index (χ1n) is 9.19. The van der Waals surface area contributed by atoms with Crippen LogP contribution in [0.5, 0.6) is 5.75 Å². The van der Waals surface area contributed by atoms with E-state index in [0.717, 1.165) is 28.6 Å². The summed E-state index contributed by atoms with van der Waals surface area (Å²) in [5, 5.41) is 9.57. The summed E-state index contributed by atoms with van der Waals surface area (Å²) in [5.41, 5.74) is 2.71. The molecule has 0 saturated heterocycles. The van der Waals surface area contributed by atoms with Crippen molar-refractivity contribution < 1.29 is 14.3 Å². The van der Waals surface area contributed by atoms with E-state index >= 15 is 0 Å². The van der Waals surface area contributed by atoms with Crippen molar-refractivity contribution >= 4 is 29.5 Å². The van der Waals surface area contributed by atoms with Crippen molar-refractivity contribution in [3.8, 4) is 11.4 Å². The number of carbonyl (C=O) groups excluding carboxylic acids is 1. The molecule has 2 heterocycles. The van der Waals surface area contributed by atoms with Crippen molar-refractivity contribution in [2.45, 2.75) is 42.1 Å². The molecule has 0 spiro atoms. The van der Waals surface area contributed by atoms with Crippen LogP contribution in [0.15, 0.2) is 40.6 Å². The van der Waals surface area contributed by atoms with Crippen LogP contribution in [0.1, 0.15) is 24.1 Å². The molecule has 0 saturated carbocycles. The number of carbonyl (C=O) groups is 1. The third-order valence-electron chi connectivity index (χ3n) is 4.14. The Bertz CT molecular complexity index is 1000. The van der Waals surface area contributed by atoms with Crippen LogP contribution in [0.4, 0.5) is 0 Å². The van der Waals surface area contributed by atoms with E-state index in [0.29, 0.717) is 16.1 Å².